The first-order chi connectivity index (χ1) is 10.8. The number of benzene rings is 2. The number of anilines is 2. The van der Waals surface area contributed by atoms with Crippen LogP contribution < -0.4 is 15.6 Å². The van der Waals surface area contributed by atoms with Gasteiger partial charge in [-0.1, -0.05) is 18.2 Å². The Morgan fingerprint density at radius 1 is 1.09 bits per heavy atom. The molecule has 0 amide bonds. The molecule has 0 saturated carbocycles. The van der Waals surface area contributed by atoms with E-state index >= 15 is 0 Å². The number of para-hydroxylation sites is 1. The Labute approximate surface area is 131 Å². The SMILES string of the molecule is COc1ccc(F)cc1-c1csc(NNc2ccccc2)n1. The maximum atomic E-state index is 13.4. The van der Waals surface area contributed by atoms with Crippen LogP contribution in [-0.2, 0) is 0 Å². The highest BCUT2D eigenvalue weighted by Gasteiger charge is 2.11. The lowest BCUT2D eigenvalue weighted by molar-refractivity contribution is 0.415. The predicted octanol–water partition coefficient (Wildman–Crippen LogP) is 4.40. The topological polar surface area (TPSA) is 46.2 Å². The Morgan fingerprint density at radius 3 is 2.68 bits per heavy atom. The number of aromatic nitrogens is 1. The maximum absolute atomic E-state index is 13.4. The molecule has 0 spiro atoms. The molecule has 0 radical (unpaired) electrons. The molecule has 0 saturated heterocycles. The number of hydrogen-bond donors (Lipinski definition) is 2. The van der Waals surface area contributed by atoms with Crippen molar-refractivity contribution in [3.63, 3.8) is 0 Å². The lowest BCUT2D eigenvalue weighted by atomic mass is 10.1. The van der Waals surface area contributed by atoms with E-state index in [0.29, 0.717) is 22.1 Å². The smallest absolute Gasteiger partial charge is 0.202 e. The molecule has 0 unspecified atom stereocenters. The van der Waals surface area contributed by atoms with Crippen LogP contribution in [0.1, 0.15) is 0 Å². The average Bonchev–Trinajstić information content (AvgIpc) is 3.03. The van der Waals surface area contributed by atoms with Gasteiger partial charge in [-0.05, 0) is 30.3 Å². The normalized spacial score (nSPS) is 10.3. The van der Waals surface area contributed by atoms with Crippen molar-refractivity contribution in [3.05, 3.63) is 59.7 Å². The zero-order valence-electron chi connectivity index (χ0n) is 11.8. The molecule has 0 aliphatic heterocycles. The average molecular weight is 315 g/mol. The standard InChI is InChI=1S/C16H14FN3OS/c1-21-15-8-7-11(17)9-13(15)14-10-22-16(18-14)20-19-12-5-3-2-4-6-12/h2-10,19H,1H3,(H,18,20). The molecule has 6 heteroatoms. The molecular formula is C16H14FN3OS. The molecule has 22 heavy (non-hydrogen) atoms. The minimum Gasteiger partial charge on any atom is -0.496 e. The van der Waals surface area contributed by atoms with E-state index < -0.39 is 0 Å². The zero-order valence-corrected chi connectivity index (χ0v) is 12.7. The molecule has 0 atom stereocenters. The maximum Gasteiger partial charge on any atom is 0.202 e. The third-order valence-corrected chi connectivity index (χ3v) is 3.79. The van der Waals surface area contributed by atoms with Crippen molar-refractivity contribution in [2.24, 2.45) is 0 Å². The van der Waals surface area contributed by atoms with Crippen LogP contribution in [0.5, 0.6) is 5.75 Å². The van der Waals surface area contributed by atoms with Crippen molar-refractivity contribution < 1.29 is 9.13 Å². The second-order valence-corrected chi connectivity index (χ2v) is 5.36. The van der Waals surface area contributed by atoms with E-state index in [4.69, 9.17) is 4.74 Å². The van der Waals surface area contributed by atoms with Crippen LogP contribution in [0, 0.1) is 5.82 Å². The van der Waals surface area contributed by atoms with E-state index in [1.54, 1.807) is 13.2 Å². The van der Waals surface area contributed by atoms with Crippen LogP contribution in [-0.4, -0.2) is 12.1 Å². The molecular weight excluding hydrogens is 301 g/mol. The van der Waals surface area contributed by atoms with E-state index in [1.807, 2.05) is 35.7 Å². The molecule has 2 aromatic carbocycles. The number of thiazole rings is 1. The molecule has 0 fully saturated rings. The van der Waals surface area contributed by atoms with Gasteiger partial charge in [-0.2, -0.15) is 0 Å². The Bertz CT molecular complexity index is 761. The number of nitrogens with zero attached hydrogens (tertiary/aromatic N) is 1. The predicted molar refractivity (Wildman–Crippen MR) is 87.7 cm³/mol. The quantitative estimate of drug-likeness (QED) is 0.685. The first-order valence-electron chi connectivity index (χ1n) is 6.63. The first-order valence-corrected chi connectivity index (χ1v) is 7.51. The number of methoxy groups -OCH3 is 1. The van der Waals surface area contributed by atoms with E-state index in [1.165, 1.54) is 23.5 Å². The van der Waals surface area contributed by atoms with Crippen molar-refractivity contribution in [2.75, 3.05) is 18.0 Å². The number of hydrogen-bond acceptors (Lipinski definition) is 5. The van der Waals surface area contributed by atoms with Gasteiger partial charge in [0, 0.05) is 10.9 Å². The van der Waals surface area contributed by atoms with Gasteiger partial charge in [0.2, 0.25) is 5.13 Å². The van der Waals surface area contributed by atoms with Gasteiger partial charge in [0.1, 0.15) is 11.6 Å². The second-order valence-electron chi connectivity index (χ2n) is 4.50. The lowest BCUT2D eigenvalue weighted by Crippen LogP contribution is -2.07. The molecule has 3 aromatic rings. The summed E-state index contributed by atoms with van der Waals surface area (Å²) in [7, 11) is 1.55. The van der Waals surface area contributed by atoms with Gasteiger partial charge >= 0.3 is 0 Å². The van der Waals surface area contributed by atoms with Crippen molar-refractivity contribution in [1.29, 1.82) is 0 Å². The van der Waals surface area contributed by atoms with Crippen molar-refractivity contribution in [3.8, 4) is 17.0 Å². The summed E-state index contributed by atoms with van der Waals surface area (Å²) in [6.07, 6.45) is 0. The highest BCUT2D eigenvalue weighted by atomic mass is 32.1. The molecule has 0 bridgehead atoms. The summed E-state index contributed by atoms with van der Waals surface area (Å²) in [5, 5.41) is 2.54. The molecule has 0 aliphatic carbocycles. The molecule has 1 heterocycles. The minimum absolute atomic E-state index is 0.319. The monoisotopic (exact) mass is 315 g/mol. The van der Waals surface area contributed by atoms with Crippen LogP contribution in [0.3, 0.4) is 0 Å². The highest BCUT2D eigenvalue weighted by Crippen LogP contribution is 2.32. The summed E-state index contributed by atoms with van der Waals surface area (Å²) < 4.78 is 18.7. The van der Waals surface area contributed by atoms with Gasteiger partial charge in [0.05, 0.1) is 18.5 Å². The van der Waals surface area contributed by atoms with Gasteiger partial charge in [-0.3, -0.25) is 10.9 Å². The van der Waals surface area contributed by atoms with Crippen molar-refractivity contribution in [2.45, 2.75) is 0 Å². The molecule has 1 aromatic heterocycles. The Balaban J connectivity index is 1.78. The number of ether oxygens (including phenoxy) is 1. The summed E-state index contributed by atoms with van der Waals surface area (Å²) in [6, 6.07) is 14.1. The fourth-order valence-corrected chi connectivity index (χ4v) is 2.65. The van der Waals surface area contributed by atoms with Crippen LogP contribution in [0.2, 0.25) is 0 Å². The number of nitrogens with one attached hydrogen (secondary N) is 2. The third-order valence-electron chi connectivity index (χ3n) is 3.03. The van der Waals surface area contributed by atoms with Gasteiger partial charge in [-0.25, -0.2) is 9.37 Å². The molecule has 4 nitrogen and oxygen atoms in total. The minimum atomic E-state index is -0.319. The lowest BCUT2D eigenvalue weighted by Gasteiger charge is -2.07. The Kier molecular flexibility index (Phi) is 4.20. The summed E-state index contributed by atoms with van der Waals surface area (Å²) in [5.74, 6) is 0.273. The van der Waals surface area contributed by atoms with Crippen molar-refractivity contribution in [1.82, 2.24) is 4.98 Å². The number of halogens is 1. The van der Waals surface area contributed by atoms with E-state index in [2.05, 4.69) is 15.8 Å². The summed E-state index contributed by atoms with van der Waals surface area (Å²) in [5.41, 5.74) is 8.31. The van der Waals surface area contributed by atoms with Gasteiger partial charge < -0.3 is 4.74 Å². The molecule has 3 rings (SSSR count). The van der Waals surface area contributed by atoms with E-state index in [9.17, 15) is 4.39 Å². The number of rotatable bonds is 5. The summed E-state index contributed by atoms with van der Waals surface area (Å²) in [6.45, 7) is 0. The van der Waals surface area contributed by atoms with Gasteiger partial charge in [-0.15, -0.1) is 11.3 Å². The first kappa shape index (κ1) is 14.3. The van der Waals surface area contributed by atoms with Crippen LogP contribution >= 0.6 is 11.3 Å². The van der Waals surface area contributed by atoms with Crippen LogP contribution in [0.4, 0.5) is 15.2 Å². The fraction of sp³-hybridized carbons (Fsp3) is 0.0625. The number of hydrazine groups is 1. The largest absolute Gasteiger partial charge is 0.496 e. The summed E-state index contributed by atoms with van der Waals surface area (Å²) >= 11 is 1.43. The second kappa shape index (κ2) is 6.44. The van der Waals surface area contributed by atoms with E-state index in [0.717, 1.165) is 5.69 Å². The molecule has 0 aliphatic rings. The third kappa shape index (κ3) is 3.17. The van der Waals surface area contributed by atoms with Crippen molar-refractivity contribution >= 4 is 22.2 Å². The summed E-state index contributed by atoms with van der Waals surface area (Å²) in [4.78, 5) is 4.44. The Hall–Kier alpha value is -2.60. The van der Waals surface area contributed by atoms with Gasteiger partial charge in [0.25, 0.3) is 0 Å². The molecule has 2 N–H and O–H groups in total. The zero-order chi connectivity index (χ0) is 15.4. The molecule has 112 valence electrons. The highest BCUT2D eigenvalue weighted by molar-refractivity contribution is 7.14. The Morgan fingerprint density at radius 2 is 1.91 bits per heavy atom. The van der Waals surface area contributed by atoms with Crippen LogP contribution in [0.15, 0.2) is 53.9 Å². The van der Waals surface area contributed by atoms with Crippen LogP contribution in [0.25, 0.3) is 11.3 Å². The van der Waals surface area contributed by atoms with E-state index in [-0.39, 0.29) is 5.82 Å². The fourth-order valence-electron chi connectivity index (χ4n) is 1.98. The van der Waals surface area contributed by atoms with Gasteiger partial charge in [0.15, 0.2) is 0 Å².